The standard InChI is InChI=1S/C19H34O2/c1-13-15-6-5-14-11-19(20,12-21-4)10-8-16(14)17(15)7-9-18(13,2)3/h13-17,20H,5-12H2,1-4H3. The van der Waals surface area contributed by atoms with Crippen molar-refractivity contribution in [1.29, 1.82) is 0 Å². The third kappa shape index (κ3) is 2.79. The summed E-state index contributed by atoms with van der Waals surface area (Å²) in [6.45, 7) is 7.96. The van der Waals surface area contributed by atoms with Gasteiger partial charge >= 0.3 is 0 Å². The second-order valence-electron chi connectivity index (χ2n) is 9.05. The van der Waals surface area contributed by atoms with Gasteiger partial charge in [0.1, 0.15) is 0 Å². The Morgan fingerprint density at radius 1 is 1.00 bits per heavy atom. The Morgan fingerprint density at radius 2 is 1.71 bits per heavy atom. The third-order valence-corrected chi connectivity index (χ3v) is 7.57. The summed E-state index contributed by atoms with van der Waals surface area (Å²) in [5, 5.41) is 10.7. The number of fused-ring (bicyclic) bond motifs is 3. The summed E-state index contributed by atoms with van der Waals surface area (Å²) >= 11 is 0. The maximum Gasteiger partial charge on any atom is 0.0882 e. The summed E-state index contributed by atoms with van der Waals surface area (Å²) in [5.74, 6) is 4.34. The molecule has 3 rings (SSSR count). The minimum Gasteiger partial charge on any atom is -0.387 e. The molecule has 3 aliphatic carbocycles. The van der Waals surface area contributed by atoms with Gasteiger partial charge in [-0.2, -0.15) is 0 Å². The lowest BCUT2D eigenvalue weighted by Gasteiger charge is -2.56. The van der Waals surface area contributed by atoms with E-state index in [2.05, 4.69) is 20.8 Å². The monoisotopic (exact) mass is 294 g/mol. The SMILES string of the molecule is COCC1(O)CCC2C(CCC3C2CCC(C)(C)C3C)C1. The van der Waals surface area contributed by atoms with Gasteiger partial charge in [0, 0.05) is 7.11 Å². The van der Waals surface area contributed by atoms with E-state index in [1.807, 2.05) is 0 Å². The number of hydrogen-bond donors (Lipinski definition) is 1. The smallest absolute Gasteiger partial charge is 0.0882 e. The highest BCUT2D eigenvalue weighted by atomic mass is 16.5. The van der Waals surface area contributed by atoms with Crippen molar-refractivity contribution in [3.05, 3.63) is 0 Å². The lowest BCUT2D eigenvalue weighted by atomic mass is 9.50. The molecule has 0 aromatic carbocycles. The Hall–Kier alpha value is -0.0800. The summed E-state index contributed by atoms with van der Waals surface area (Å²) in [6.07, 6.45) is 8.68. The first-order valence-corrected chi connectivity index (χ1v) is 9.08. The van der Waals surface area contributed by atoms with Crippen LogP contribution in [-0.4, -0.2) is 24.4 Å². The number of ether oxygens (including phenoxy) is 1. The van der Waals surface area contributed by atoms with Crippen molar-refractivity contribution in [3.8, 4) is 0 Å². The molecule has 3 saturated carbocycles. The van der Waals surface area contributed by atoms with Crippen LogP contribution in [0.5, 0.6) is 0 Å². The Balaban J connectivity index is 1.72. The summed E-state index contributed by atoms with van der Waals surface area (Å²) < 4.78 is 5.27. The van der Waals surface area contributed by atoms with Crippen LogP contribution in [-0.2, 0) is 4.74 Å². The van der Waals surface area contributed by atoms with E-state index >= 15 is 0 Å². The van der Waals surface area contributed by atoms with E-state index in [-0.39, 0.29) is 0 Å². The van der Waals surface area contributed by atoms with E-state index in [1.54, 1.807) is 7.11 Å². The zero-order chi connectivity index (χ0) is 15.3. The Labute approximate surface area is 130 Å². The topological polar surface area (TPSA) is 29.5 Å². The fraction of sp³-hybridized carbons (Fsp3) is 1.00. The summed E-state index contributed by atoms with van der Waals surface area (Å²) in [7, 11) is 1.71. The molecule has 0 heterocycles. The molecule has 21 heavy (non-hydrogen) atoms. The molecular formula is C19H34O2. The highest BCUT2D eigenvalue weighted by Gasteiger charge is 2.51. The van der Waals surface area contributed by atoms with Crippen LogP contribution in [0, 0.1) is 35.0 Å². The first-order valence-electron chi connectivity index (χ1n) is 9.08. The molecule has 0 aromatic heterocycles. The van der Waals surface area contributed by atoms with Gasteiger partial charge in [-0.3, -0.25) is 0 Å². The van der Waals surface area contributed by atoms with Gasteiger partial charge in [-0.25, -0.2) is 0 Å². The van der Waals surface area contributed by atoms with Gasteiger partial charge in [0.2, 0.25) is 0 Å². The molecule has 2 heteroatoms. The molecule has 2 nitrogen and oxygen atoms in total. The minimum absolute atomic E-state index is 0.522. The predicted molar refractivity (Wildman–Crippen MR) is 86.0 cm³/mol. The molecule has 6 atom stereocenters. The van der Waals surface area contributed by atoms with E-state index in [9.17, 15) is 5.11 Å². The average Bonchev–Trinajstić information content (AvgIpc) is 2.42. The fourth-order valence-corrected chi connectivity index (χ4v) is 6.03. The maximum atomic E-state index is 10.7. The van der Waals surface area contributed by atoms with Crippen LogP contribution >= 0.6 is 0 Å². The molecule has 0 aromatic rings. The van der Waals surface area contributed by atoms with Crippen LogP contribution in [0.1, 0.15) is 65.7 Å². The number of hydrogen-bond acceptors (Lipinski definition) is 2. The third-order valence-electron chi connectivity index (χ3n) is 7.57. The second kappa shape index (κ2) is 5.53. The lowest BCUT2D eigenvalue weighted by Crippen LogP contribution is -2.51. The molecule has 6 unspecified atom stereocenters. The van der Waals surface area contributed by atoms with Gasteiger partial charge in [-0.1, -0.05) is 20.8 Å². The van der Waals surface area contributed by atoms with E-state index in [0.29, 0.717) is 12.0 Å². The minimum atomic E-state index is -0.539. The molecule has 0 spiro atoms. The largest absolute Gasteiger partial charge is 0.387 e. The number of methoxy groups -OCH3 is 1. The van der Waals surface area contributed by atoms with E-state index in [0.717, 1.165) is 42.4 Å². The number of rotatable bonds is 2. The first-order chi connectivity index (χ1) is 9.86. The quantitative estimate of drug-likeness (QED) is 0.824. The zero-order valence-electron chi connectivity index (χ0n) is 14.4. The molecule has 0 aliphatic heterocycles. The van der Waals surface area contributed by atoms with Crippen molar-refractivity contribution in [3.63, 3.8) is 0 Å². The van der Waals surface area contributed by atoms with Crippen molar-refractivity contribution < 1.29 is 9.84 Å². The van der Waals surface area contributed by atoms with Crippen molar-refractivity contribution in [2.75, 3.05) is 13.7 Å². The first kappa shape index (κ1) is 15.8. The molecular weight excluding hydrogens is 260 g/mol. The van der Waals surface area contributed by atoms with E-state index in [4.69, 9.17) is 4.74 Å². The van der Waals surface area contributed by atoms with Gasteiger partial charge in [0.15, 0.2) is 0 Å². The van der Waals surface area contributed by atoms with Crippen molar-refractivity contribution >= 4 is 0 Å². The second-order valence-corrected chi connectivity index (χ2v) is 9.05. The Kier molecular flexibility index (Phi) is 4.16. The highest BCUT2D eigenvalue weighted by molar-refractivity contribution is 5.01. The molecule has 0 bridgehead atoms. The number of aliphatic hydroxyl groups is 1. The molecule has 3 fully saturated rings. The summed E-state index contributed by atoms with van der Waals surface area (Å²) in [6, 6.07) is 0. The molecule has 122 valence electrons. The normalized spacial score (nSPS) is 49.3. The molecule has 3 aliphatic rings. The molecule has 0 radical (unpaired) electrons. The van der Waals surface area contributed by atoms with Crippen LogP contribution in [0.4, 0.5) is 0 Å². The average molecular weight is 294 g/mol. The lowest BCUT2D eigenvalue weighted by molar-refractivity contribution is -0.121. The summed E-state index contributed by atoms with van der Waals surface area (Å²) in [5.41, 5.74) is -0.0121. The van der Waals surface area contributed by atoms with Gasteiger partial charge in [-0.05, 0) is 80.0 Å². The van der Waals surface area contributed by atoms with Crippen molar-refractivity contribution in [2.24, 2.45) is 35.0 Å². The maximum absolute atomic E-state index is 10.7. The Morgan fingerprint density at radius 3 is 2.43 bits per heavy atom. The van der Waals surface area contributed by atoms with E-state index < -0.39 is 5.60 Å². The van der Waals surface area contributed by atoms with Gasteiger partial charge in [0.25, 0.3) is 0 Å². The van der Waals surface area contributed by atoms with Crippen LogP contribution in [0.3, 0.4) is 0 Å². The predicted octanol–water partition coefficient (Wildman–Crippen LogP) is 4.26. The van der Waals surface area contributed by atoms with Gasteiger partial charge in [-0.15, -0.1) is 0 Å². The van der Waals surface area contributed by atoms with Gasteiger partial charge in [0.05, 0.1) is 12.2 Å². The Bertz CT molecular complexity index is 378. The highest BCUT2D eigenvalue weighted by Crippen LogP contribution is 2.58. The van der Waals surface area contributed by atoms with Gasteiger partial charge < -0.3 is 9.84 Å². The van der Waals surface area contributed by atoms with E-state index in [1.165, 1.54) is 32.1 Å². The molecule has 1 N–H and O–H groups in total. The van der Waals surface area contributed by atoms with Crippen molar-refractivity contribution in [1.82, 2.24) is 0 Å². The molecule has 0 saturated heterocycles. The molecule has 0 amide bonds. The zero-order valence-corrected chi connectivity index (χ0v) is 14.4. The summed E-state index contributed by atoms with van der Waals surface area (Å²) in [4.78, 5) is 0. The fourth-order valence-electron chi connectivity index (χ4n) is 6.03. The van der Waals surface area contributed by atoms with Crippen molar-refractivity contribution in [2.45, 2.75) is 71.3 Å². The van der Waals surface area contributed by atoms with Crippen LogP contribution in [0.2, 0.25) is 0 Å². The van der Waals surface area contributed by atoms with Crippen LogP contribution in [0.15, 0.2) is 0 Å². The van der Waals surface area contributed by atoms with Crippen LogP contribution < -0.4 is 0 Å². The van der Waals surface area contributed by atoms with Crippen LogP contribution in [0.25, 0.3) is 0 Å².